The lowest BCUT2D eigenvalue weighted by atomic mass is 10.0. The molecule has 0 aliphatic carbocycles. The van der Waals surface area contributed by atoms with Gasteiger partial charge in [-0.05, 0) is 30.5 Å². The maximum Gasteiger partial charge on any atom is 0.313 e. The average Bonchev–Trinajstić information content (AvgIpc) is 2.61. The molecule has 2 unspecified atom stereocenters. The monoisotopic (exact) mass is 375 g/mol. The van der Waals surface area contributed by atoms with E-state index in [-0.39, 0.29) is 18.1 Å². The predicted octanol–water partition coefficient (Wildman–Crippen LogP) is 3.29. The van der Waals surface area contributed by atoms with Crippen molar-refractivity contribution < 1.29 is 24.2 Å². The summed E-state index contributed by atoms with van der Waals surface area (Å²) in [5.74, 6) is -1.51. The van der Waals surface area contributed by atoms with E-state index in [1.165, 1.54) is 0 Å². The summed E-state index contributed by atoms with van der Waals surface area (Å²) in [7, 11) is -3.70. The molecule has 2 aromatic carbocycles. The summed E-state index contributed by atoms with van der Waals surface area (Å²) in [6, 6.07) is 17.8. The number of benzene rings is 2. The zero-order chi connectivity index (χ0) is 19.0. The van der Waals surface area contributed by atoms with E-state index in [0.717, 1.165) is 5.56 Å². The first kappa shape index (κ1) is 19.9. The Labute approximate surface area is 152 Å². The third-order valence-corrected chi connectivity index (χ3v) is 5.71. The minimum absolute atomic E-state index is 0.0934. The Bertz CT molecular complexity index is 779. The van der Waals surface area contributed by atoms with Crippen molar-refractivity contribution in [2.45, 2.75) is 18.9 Å². The molecule has 0 bridgehead atoms. The standard InChI is InChI=1S/C19H22NO5P/c21-18(22)14-26(24,25)13-7-12-17(15-8-3-1-4-9-15)20-19(23)16-10-5-2-6-11-16/h1-6,8-11,17H,7,12-14H2,(H,20,23)(H,21,22)(H,24,25). The van der Waals surface area contributed by atoms with Crippen LogP contribution in [0.15, 0.2) is 60.7 Å². The van der Waals surface area contributed by atoms with Crippen molar-refractivity contribution in [3.63, 3.8) is 0 Å². The molecular weight excluding hydrogens is 353 g/mol. The lowest BCUT2D eigenvalue weighted by Crippen LogP contribution is -2.28. The Morgan fingerprint density at radius 1 is 1.00 bits per heavy atom. The van der Waals surface area contributed by atoms with E-state index in [4.69, 9.17) is 5.11 Å². The Hall–Kier alpha value is -2.43. The fraction of sp³-hybridized carbons (Fsp3) is 0.263. The number of nitrogens with one attached hydrogen (secondary N) is 1. The lowest BCUT2D eigenvalue weighted by Gasteiger charge is -2.20. The van der Waals surface area contributed by atoms with Gasteiger partial charge < -0.3 is 15.3 Å². The second-order valence-corrected chi connectivity index (χ2v) is 8.52. The quantitative estimate of drug-likeness (QED) is 0.584. The molecule has 2 aromatic rings. The first-order valence-electron chi connectivity index (χ1n) is 8.31. The molecule has 3 N–H and O–H groups in total. The Balaban J connectivity index is 2.04. The van der Waals surface area contributed by atoms with E-state index < -0.39 is 19.5 Å². The van der Waals surface area contributed by atoms with Crippen molar-refractivity contribution in [2.24, 2.45) is 0 Å². The molecule has 6 nitrogen and oxygen atoms in total. The van der Waals surface area contributed by atoms with Crippen LogP contribution in [0.1, 0.15) is 34.8 Å². The van der Waals surface area contributed by atoms with Crippen LogP contribution in [0.5, 0.6) is 0 Å². The predicted molar refractivity (Wildman–Crippen MR) is 99.5 cm³/mol. The first-order chi connectivity index (χ1) is 12.4. The second kappa shape index (κ2) is 9.32. The number of amides is 1. The van der Waals surface area contributed by atoms with Gasteiger partial charge in [-0.25, -0.2) is 0 Å². The van der Waals surface area contributed by atoms with Gasteiger partial charge in [-0.1, -0.05) is 48.5 Å². The number of carbonyl (C=O) groups excluding carboxylic acids is 1. The van der Waals surface area contributed by atoms with Crippen LogP contribution in [0.2, 0.25) is 0 Å². The normalized spacial score (nSPS) is 14.2. The summed E-state index contributed by atoms with van der Waals surface area (Å²) in [5.41, 5.74) is 1.43. The van der Waals surface area contributed by atoms with E-state index >= 15 is 0 Å². The van der Waals surface area contributed by atoms with Crippen LogP contribution in [-0.2, 0) is 9.36 Å². The van der Waals surface area contributed by atoms with Crippen molar-refractivity contribution in [3.8, 4) is 0 Å². The third-order valence-electron chi connectivity index (χ3n) is 3.93. The first-order valence-corrected chi connectivity index (χ1v) is 10.3. The zero-order valence-electron chi connectivity index (χ0n) is 14.2. The van der Waals surface area contributed by atoms with E-state index in [0.29, 0.717) is 18.4 Å². The Morgan fingerprint density at radius 3 is 2.15 bits per heavy atom. The van der Waals surface area contributed by atoms with Crippen molar-refractivity contribution in [3.05, 3.63) is 71.8 Å². The van der Waals surface area contributed by atoms with Crippen LogP contribution in [0.4, 0.5) is 0 Å². The highest BCUT2D eigenvalue weighted by Gasteiger charge is 2.23. The second-order valence-electron chi connectivity index (χ2n) is 6.07. The van der Waals surface area contributed by atoms with Gasteiger partial charge in [-0.15, -0.1) is 0 Å². The molecule has 7 heteroatoms. The van der Waals surface area contributed by atoms with E-state index in [2.05, 4.69) is 5.32 Å². The molecule has 1 amide bonds. The van der Waals surface area contributed by atoms with Gasteiger partial charge in [0.05, 0.1) is 6.04 Å². The fourth-order valence-electron chi connectivity index (χ4n) is 2.67. The van der Waals surface area contributed by atoms with Gasteiger partial charge in [0.1, 0.15) is 6.16 Å². The number of hydrogen-bond donors (Lipinski definition) is 3. The highest BCUT2D eigenvalue weighted by atomic mass is 31.2. The van der Waals surface area contributed by atoms with Crippen molar-refractivity contribution in [1.82, 2.24) is 5.32 Å². The molecule has 2 rings (SSSR count). The molecule has 2 atom stereocenters. The van der Waals surface area contributed by atoms with Gasteiger partial charge in [-0.3, -0.25) is 14.2 Å². The maximum atomic E-state index is 12.4. The summed E-state index contributed by atoms with van der Waals surface area (Å²) >= 11 is 0. The van der Waals surface area contributed by atoms with Crippen LogP contribution in [0.3, 0.4) is 0 Å². The number of hydrogen-bond acceptors (Lipinski definition) is 3. The zero-order valence-corrected chi connectivity index (χ0v) is 15.1. The molecule has 0 aliphatic heterocycles. The van der Waals surface area contributed by atoms with Gasteiger partial charge in [0.25, 0.3) is 5.91 Å². The molecule has 0 spiro atoms. The van der Waals surface area contributed by atoms with Crippen molar-refractivity contribution in [1.29, 1.82) is 0 Å². The topological polar surface area (TPSA) is 104 Å². The SMILES string of the molecule is O=C(O)CP(=O)(O)CCCC(NC(=O)c1ccccc1)c1ccccc1. The molecule has 138 valence electrons. The van der Waals surface area contributed by atoms with Crippen LogP contribution < -0.4 is 5.32 Å². The van der Waals surface area contributed by atoms with Crippen LogP contribution in [0.25, 0.3) is 0 Å². The molecule has 0 saturated heterocycles. The number of carboxylic acid groups (broad SMARTS) is 1. The molecule has 0 radical (unpaired) electrons. The van der Waals surface area contributed by atoms with Crippen molar-refractivity contribution in [2.75, 3.05) is 12.3 Å². The number of rotatable bonds is 9. The minimum Gasteiger partial charge on any atom is -0.481 e. The number of carboxylic acids is 1. The highest BCUT2D eigenvalue weighted by Crippen LogP contribution is 2.41. The summed E-state index contributed by atoms with van der Waals surface area (Å²) in [5, 5.41) is 11.6. The molecular formula is C19H22NO5P. The van der Waals surface area contributed by atoms with E-state index in [9.17, 15) is 19.0 Å². The third kappa shape index (κ3) is 6.47. The van der Waals surface area contributed by atoms with Crippen molar-refractivity contribution >= 4 is 19.2 Å². The smallest absolute Gasteiger partial charge is 0.313 e. The summed E-state index contributed by atoms with van der Waals surface area (Å²) in [6.07, 6.45) is -0.0638. The highest BCUT2D eigenvalue weighted by molar-refractivity contribution is 7.58. The minimum atomic E-state index is -3.70. The molecule has 26 heavy (non-hydrogen) atoms. The Morgan fingerprint density at radius 2 is 1.58 bits per heavy atom. The maximum absolute atomic E-state index is 12.4. The molecule has 0 fully saturated rings. The van der Waals surface area contributed by atoms with Gasteiger partial charge in [0.15, 0.2) is 0 Å². The fourth-order valence-corrected chi connectivity index (χ4v) is 3.93. The van der Waals surface area contributed by atoms with Gasteiger partial charge in [0.2, 0.25) is 7.37 Å². The van der Waals surface area contributed by atoms with Gasteiger partial charge in [-0.2, -0.15) is 0 Å². The molecule has 0 heterocycles. The summed E-state index contributed by atoms with van der Waals surface area (Å²) in [4.78, 5) is 32.8. The van der Waals surface area contributed by atoms with Gasteiger partial charge >= 0.3 is 5.97 Å². The summed E-state index contributed by atoms with van der Waals surface area (Å²) < 4.78 is 11.9. The van der Waals surface area contributed by atoms with E-state index in [1.54, 1.807) is 24.3 Å². The largest absolute Gasteiger partial charge is 0.481 e. The van der Waals surface area contributed by atoms with Crippen LogP contribution >= 0.6 is 7.37 Å². The molecule has 0 aliphatic rings. The van der Waals surface area contributed by atoms with Gasteiger partial charge in [0, 0.05) is 11.7 Å². The molecule has 0 saturated carbocycles. The number of carbonyl (C=O) groups is 2. The van der Waals surface area contributed by atoms with E-state index in [1.807, 2.05) is 36.4 Å². The van der Waals surface area contributed by atoms with Crippen LogP contribution in [-0.4, -0.2) is 34.2 Å². The Kier molecular flexibility index (Phi) is 7.13. The average molecular weight is 375 g/mol. The summed E-state index contributed by atoms with van der Waals surface area (Å²) in [6.45, 7) is 0. The lowest BCUT2D eigenvalue weighted by molar-refractivity contribution is -0.134. The molecule has 0 aromatic heterocycles. The van der Waals surface area contributed by atoms with Crippen LogP contribution in [0, 0.1) is 0 Å². The number of aliphatic carboxylic acids is 1.